The van der Waals surface area contributed by atoms with Crippen molar-refractivity contribution in [3.63, 3.8) is 0 Å². The lowest BCUT2D eigenvalue weighted by molar-refractivity contribution is -0.140. The van der Waals surface area contributed by atoms with Crippen LogP contribution in [0.1, 0.15) is 42.1 Å². The summed E-state index contributed by atoms with van der Waals surface area (Å²) in [6, 6.07) is 15.6. The van der Waals surface area contributed by atoms with Crippen molar-refractivity contribution in [3.05, 3.63) is 65.5 Å². The van der Waals surface area contributed by atoms with Crippen LogP contribution in [-0.4, -0.2) is 52.2 Å². The highest BCUT2D eigenvalue weighted by Gasteiger charge is 2.24. The van der Waals surface area contributed by atoms with Gasteiger partial charge in [0.1, 0.15) is 5.84 Å². The number of amidine groups is 1. The number of nitrogen functional groups attached to an aromatic ring is 1. The minimum Gasteiger partial charge on any atom is -0.469 e. The molecule has 4 rings (SSSR count). The Kier molecular flexibility index (Phi) is 6.44. The summed E-state index contributed by atoms with van der Waals surface area (Å²) in [7, 11) is 1.40. The molecule has 0 saturated carbocycles. The van der Waals surface area contributed by atoms with Crippen molar-refractivity contribution in [2.75, 3.05) is 25.1 Å². The van der Waals surface area contributed by atoms with Crippen LogP contribution in [0.5, 0.6) is 0 Å². The normalized spacial score (nSPS) is 14.3. The van der Waals surface area contributed by atoms with Gasteiger partial charge in [0, 0.05) is 36.7 Å². The number of nitrogens with one attached hydrogen (secondary N) is 1. The maximum absolute atomic E-state index is 11.3. The highest BCUT2D eigenvalue weighted by atomic mass is 16.5. The molecule has 2 heterocycles. The average Bonchev–Trinajstić information content (AvgIpc) is 3.33. The number of tetrazole rings is 1. The summed E-state index contributed by atoms with van der Waals surface area (Å²) in [6.45, 7) is 1.82. The van der Waals surface area contributed by atoms with E-state index in [0.29, 0.717) is 12.8 Å². The number of carbonyl (C=O) groups is 1. The number of aromatic nitrogens is 4. The van der Waals surface area contributed by atoms with Gasteiger partial charge in [0.05, 0.1) is 12.8 Å². The van der Waals surface area contributed by atoms with E-state index in [1.807, 2.05) is 48.5 Å². The summed E-state index contributed by atoms with van der Waals surface area (Å²) in [6.07, 6.45) is 2.90. The van der Waals surface area contributed by atoms with Gasteiger partial charge in [0.25, 0.3) is 0 Å². The SMILES string of the molecule is COC(=O)CCc1ccc(-n2nnc(C3CCN(c4ccc(C(=N)N)cc4)CC3)n2)cc1. The molecule has 9 heteroatoms. The number of piperidine rings is 1. The number of hydrogen-bond donors (Lipinski definition) is 2. The number of nitrogens with two attached hydrogens (primary N) is 1. The third-order valence-electron chi connectivity index (χ3n) is 5.85. The molecule has 1 saturated heterocycles. The van der Waals surface area contributed by atoms with E-state index in [2.05, 4.69) is 25.0 Å². The Bertz CT molecular complexity index is 1070. The quantitative estimate of drug-likeness (QED) is 0.333. The van der Waals surface area contributed by atoms with Crippen molar-refractivity contribution >= 4 is 17.5 Å². The van der Waals surface area contributed by atoms with E-state index in [-0.39, 0.29) is 17.7 Å². The number of benzene rings is 2. The van der Waals surface area contributed by atoms with Crippen molar-refractivity contribution in [1.82, 2.24) is 20.2 Å². The molecule has 1 aliphatic rings. The smallest absolute Gasteiger partial charge is 0.305 e. The number of rotatable bonds is 7. The molecule has 0 atom stereocenters. The molecule has 9 nitrogen and oxygen atoms in total. The summed E-state index contributed by atoms with van der Waals surface area (Å²) in [5, 5.41) is 20.7. The molecule has 0 radical (unpaired) electrons. The number of anilines is 1. The van der Waals surface area contributed by atoms with Crippen molar-refractivity contribution in [3.8, 4) is 5.69 Å². The van der Waals surface area contributed by atoms with E-state index in [1.54, 1.807) is 4.80 Å². The molecule has 2 aromatic carbocycles. The molecular formula is C23H27N7O2. The first-order valence-electron chi connectivity index (χ1n) is 10.7. The molecule has 1 fully saturated rings. The fourth-order valence-electron chi connectivity index (χ4n) is 3.89. The van der Waals surface area contributed by atoms with Gasteiger partial charge in [-0.25, -0.2) is 0 Å². The van der Waals surface area contributed by atoms with Gasteiger partial charge in [-0.15, -0.1) is 15.0 Å². The molecule has 0 aliphatic carbocycles. The third kappa shape index (κ3) is 4.93. The van der Waals surface area contributed by atoms with E-state index in [9.17, 15) is 4.79 Å². The fraction of sp³-hybridized carbons (Fsp3) is 0.348. The second-order valence-corrected chi connectivity index (χ2v) is 7.90. The molecular weight excluding hydrogens is 406 g/mol. The van der Waals surface area contributed by atoms with Crippen LogP contribution in [0.3, 0.4) is 0 Å². The van der Waals surface area contributed by atoms with Crippen molar-refractivity contribution in [2.45, 2.75) is 31.6 Å². The van der Waals surface area contributed by atoms with Gasteiger partial charge in [-0.3, -0.25) is 10.2 Å². The Balaban J connectivity index is 1.34. The van der Waals surface area contributed by atoms with Crippen LogP contribution in [0, 0.1) is 5.41 Å². The zero-order valence-electron chi connectivity index (χ0n) is 18.1. The second-order valence-electron chi connectivity index (χ2n) is 7.90. The predicted molar refractivity (Wildman–Crippen MR) is 121 cm³/mol. The first-order chi connectivity index (χ1) is 15.5. The summed E-state index contributed by atoms with van der Waals surface area (Å²) < 4.78 is 4.68. The fourth-order valence-corrected chi connectivity index (χ4v) is 3.89. The lowest BCUT2D eigenvalue weighted by Gasteiger charge is -2.32. The van der Waals surface area contributed by atoms with Gasteiger partial charge < -0.3 is 15.4 Å². The highest BCUT2D eigenvalue weighted by molar-refractivity contribution is 5.95. The summed E-state index contributed by atoms with van der Waals surface area (Å²) in [5.74, 6) is 0.915. The van der Waals surface area contributed by atoms with Crippen LogP contribution >= 0.6 is 0 Å². The Morgan fingerprint density at radius 2 is 1.75 bits per heavy atom. The molecule has 3 aromatic rings. The van der Waals surface area contributed by atoms with Gasteiger partial charge in [-0.2, -0.15) is 0 Å². The molecule has 0 unspecified atom stereocenters. The molecule has 1 aromatic heterocycles. The van der Waals surface area contributed by atoms with Crippen LogP contribution in [-0.2, 0) is 16.0 Å². The standard InChI is InChI=1S/C23H27N7O2/c1-32-21(31)11-4-16-2-7-20(8-3-16)30-27-23(26-28-30)18-12-14-29(15-13-18)19-9-5-17(6-10-19)22(24)25/h2-3,5-10,18H,4,11-15H2,1H3,(H3,24,25). The van der Waals surface area contributed by atoms with Crippen molar-refractivity contribution in [1.29, 1.82) is 5.41 Å². The molecule has 0 amide bonds. The minimum absolute atomic E-state index is 0.0836. The number of carbonyl (C=O) groups excluding carboxylic acids is 1. The molecule has 0 spiro atoms. The predicted octanol–water partition coefficient (Wildman–Crippen LogP) is 2.44. The summed E-state index contributed by atoms with van der Waals surface area (Å²) >= 11 is 0. The number of esters is 1. The lowest BCUT2D eigenvalue weighted by atomic mass is 9.96. The largest absolute Gasteiger partial charge is 0.469 e. The molecule has 1 aliphatic heterocycles. The van der Waals surface area contributed by atoms with Crippen molar-refractivity contribution in [2.24, 2.45) is 5.73 Å². The van der Waals surface area contributed by atoms with Crippen LogP contribution in [0.25, 0.3) is 5.69 Å². The van der Waals surface area contributed by atoms with Crippen LogP contribution in [0.15, 0.2) is 48.5 Å². The Labute approximate surface area is 186 Å². The van der Waals surface area contributed by atoms with Crippen LogP contribution in [0.2, 0.25) is 0 Å². The highest BCUT2D eigenvalue weighted by Crippen LogP contribution is 2.28. The van der Waals surface area contributed by atoms with Gasteiger partial charge in [-0.05, 0) is 66.4 Å². The maximum Gasteiger partial charge on any atom is 0.305 e. The summed E-state index contributed by atoms with van der Waals surface area (Å²) in [5.41, 5.74) is 9.31. The lowest BCUT2D eigenvalue weighted by Crippen LogP contribution is -2.33. The molecule has 0 bridgehead atoms. The second kappa shape index (κ2) is 9.59. The van der Waals surface area contributed by atoms with Gasteiger partial charge in [0.2, 0.25) is 0 Å². The number of ether oxygens (including phenoxy) is 1. The van der Waals surface area contributed by atoms with Gasteiger partial charge in [-0.1, -0.05) is 12.1 Å². The maximum atomic E-state index is 11.3. The van der Waals surface area contributed by atoms with Gasteiger partial charge >= 0.3 is 5.97 Å². The van der Waals surface area contributed by atoms with E-state index in [0.717, 1.165) is 54.3 Å². The first-order valence-corrected chi connectivity index (χ1v) is 10.7. The average molecular weight is 434 g/mol. The number of hydrogen-bond acceptors (Lipinski definition) is 7. The first kappa shape index (κ1) is 21.5. The molecule has 32 heavy (non-hydrogen) atoms. The minimum atomic E-state index is -0.212. The molecule has 3 N–H and O–H groups in total. The number of methoxy groups -OCH3 is 1. The third-order valence-corrected chi connectivity index (χ3v) is 5.85. The monoisotopic (exact) mass is 433 g/mol. The number of aryl methyl sites for hydroxylation is 1. The Morgan fingerprint density at radius 1 is 1.09 bits per heavy atom. The van der Waals surface area contributed by atoms with Crippen LogP contribution in [0.4, 0.5) is 5.69 Å². The molecule has 166 valence electrons. The number of nitrogens with zero attached hydrogens (tertiary/aromatic N) is 5. The van der Waals surface area contributed by atoms with E-state index in [4.69, 9.17) is 11.1 Å². The summed E-state index contributed by atoms with van der Waals surface area (Å²) in [4.78, 5) is 15.2. The van der Waals surface area contributed by atoms with E-state index in [1.165, 1.54) is 7.11 Å². The topological polar surface area (TPSA) is 123 Å². The zero-order chi connectivity index (χ0) is 22.5. The zero-order valence-corrected chi connectivity index (χ0v) is 18.1. The van der Waals surface area contributed by atoms with E-state index >= 15 is 0 Å². The van der Waals surface area contributed by atoms with Crippen molar-refractivity contribution < 1.29 is 9.53 Å². The van der Waals surface area contributed by atoms with Crippen LogP contribution < -0.4 is 10.6 Å². The van der Waals surface area contributed by atoms with E-state index < -0.39 is 0 Å². The Morgan fingerprint density at radius 3 is 2.38 bits per heavy atom. The van der Waals surface area contributed by atoms with Gasteiger partial charge in [0.15, 0.2) is 5.82 Å². The Hall–Kier alpha value is -3.75.